The van der Waals surface area contributed by atoms with E-state index in [0.29, 0.717) is 11.3 Å². The second-order valence-electron chi connectivity index (χ2n) is 11.3. The number of halogens is 3. The maximum atomic E-state index is 14.1. The molecule has 8 heteroatoms. The van der Waals surface area contributed by atoms with Crippen molar-refractivity contribution < 1.29 is 32.5 Å². The molecule has 1 N–H and O–H groups in total. The number of likely N-dealkylation sites (tertiary alicyclic amines) is 1. The molecule has 1 atom stereocenters. The van der Waals surface area contributed by atoms with Crippen LogP contribution < -0.4 is 4.74 Å². The Bertz CT molecular complexity index is 1050. The third kappa shape index (κ3) is 6.44. The maximum absolute atomic E-state index is 14.1. The zero-order chi connectivity index (χ0) is 26.1. The molecule has 1 heterocycles. The van der Waals surface area contributed by atoms with Crippen LogP contribution in [0.2, 0.25) is 0 Å². The molecule has 198 valence electrons. The van der Waals surface area contributed by atoms with Gasteiger partial charge in [-0.25, -0.2) is 4.79 Å². The lowest BCUT2D eigenvalue weighted by molar-refractivity contribution is -0.191. The molecule has 36 heavy (non-hydrogen) atoms. The molecule has 1 aliphatic carbocycles. The Morgan fingerprint density at radius 2 is 1.53 bits per heavy atom. The fourth-order valence-corrected chi connectivity index (χ4v) is 5.73. The van der Waals surface area contributed by atoms with E-state index in [9.17, 15) is 18.0 Å². The van der Waals surface area contributed by atoms with Gasteiger partial charge in [0.1, 0.15) is 17.9 Å². The Labute approximate surface area is 210 Å². The summed E-state index contributed by atoms with van der Waals surface area (Å²) >= 11 is 0. The summed E-state index contributed by atoms with van der Waals surface area (Å²) in [5, 5.41) is 10.3. The Morgan fingerprint density at radius 1 is 0.917 bits per heavy atom. The first-order valence-corrected chi connectivity index (χ1v) is 12.8. The Hall–Kier alpha value is -2.48. The van der Waals surface area contributed by atoms with Crippen LogP contribution in [0.1, 0.15) is 70.9 Å². The Balaban J connectivity index is 1.45. The minimum atomic E-state index is -4.46. The Kier molecular flexibility index (Phi) is 7.74. The molecule has 0 aromatic heterocycles. The van der Waals surface area contributed by atoms with Crippen LogP contribution >= 0.6 is 0 Å². The summed E-state index contributed by atoms with van der Waals surface area (Å²) in [5.41, 5.74) is 0.490. The van der Waals surface area contributed by atoms with Crippen LogP contribution in [0, 0.1) is 11.3 Å². The largest absolute Gasteiger partial charge is 0.506 e. The molecule has 2 aliphatic rings. The molecule has 1 unspecified atom stereocenters. The van der Waals surface area contributed by atoms with Gasteiger partial charge in [0.15, 0.2) is 0 Å². The van der Waals surface area contributed by atoms with Gasteiger partial charge in [-0.1, -0.05) is 39.0 Å². The zero-order valence-electron chi connectivity index (χ0n) is 21.2. The molecule has 4 rings (SSSR count). The van der Waals surface area contributed by atoms with Crippen LogP contribution in [0.5, 0.6) is 5.75 Å². The highest BCUT2D eigenvalue weighted by atomic mass is 19.4. The van der Waals surface area contributed by atoms with Crippen molar-refractivity contribution in [3.05, 3.63) is 42.0 Å². The molecule has 2 fully saturated rings. The van der Waals surface area contributed by atoms with Crippen LogP contribution in [-0.2, 0) is 4.74 Å². The summed E-state index contributed by atoms with van der Waals surface area (Å²) < 4.78 is 53.4. The SMILES string of the molecule is CC(C)(C)[C@H]1CC[C@H](Oc2ccc3cc(C(N4CCC(OC(=O)O)CC4)C(F)(F)F)ccc3c2)CC1. The predicted molar refractivity (Wildman–Crippen MR) is 132 cm³/mol. The quantitative estimate of drug-likeness (QED) is 0.423. The zero-order valence-corrected chi connectivity index (χ0v) is 21.2. The van der Waals surface area contributed by atoms with E-state index in [4.69, 9.17) is 14.6 Å². The van der Waals surface area contributed by atoms with E-state index in [-0.39, 0.29) is 37.6 Å². The van der Waals surface area contributed by atoms with E-state index in [1.54, 1.807) is 18.2 Å². The smallest absolute Gasteiger partial charge is 0.490 e. The Morgan fingerprint density at radius 3 is 2.11 bits per heavy atom. The van der Waals surface area contributed by atoms with Gasteiger partial charge >= 0.3 is 12.3 Å². The summed E-state index contributed by atoms with van der Waals surface area (Å²) in [5.74, 6) is 1.45. The number of hydrogen-bond acceptors (Lipinski definition) is 4. The first-order valence-electron chi connectivity index (χ1n) is 12.8. The molecule has 1 saturated heterocycles. The average Bonchev–Trinajstić information content (AvgIpc) is 2.79. The molecule has 2 aromatic rings. The van der Waals surface area contributed by atoms with E-state index >= 15 is 0 Å². The van der Waals surface area contributed by atoms with Gasteiger partial charge in [-0.3, -0.25) is 4.90 Å². The number of benzene rings is 2. The fraction of sp³-hybridized carbons (Fsp3) is 0.607. The molecular formula is C28H36F3NO4. The van der Waals surface area contributed by atoms with Crippen molar-refractivity contribution in [1.29, 1.82) is 0 Å². The fourth-order valence-electron chi connectivity index (χ4n) is 5.73. The van der Waals surface area contributed by atoms with Crippen molar-refractivity contribution in [2.24, 2.45) is 11.3 Å². The summed E-state index contributed by atoms with van der Waals surface area (Å²) in [4.78, 5) is 12.1. The van der Waals surface area contributed by atoms with Gasteiger partial charge < -0.3 is 14.6 Å². The van der Waals surface area contributed by atoms with Gasteiger partial charge in [-0.2, -0.15) is 13.2 Å². The third-order valence-electron chi connectivity index (χ3n) is 7.77. The van der Waals surface area contributed by atoms with Crippen molar-refractivity contribution in [2.45, 2.75) is 83.7 Å². The van der Waals surface area contributed by atoms with Crippen molar-refractivity contribution >= 4 is 16.9 Å². The van der Waals surface area contributed by atoms with E-state index < -0.39 is 24.5 Å². The van der Waals surface area contributed by atoms with Crippen LogP contribution in [0.4, 0.5) is 18.0 Å². The molecule has 0 amide bonds. The van der Waals surface area contributed by atoms with Crippen molar-refractivity contribution in [3.63, 3.8) is 0 Å². The lowest BCUT2D eigenvalue weighted by Gasteiger charge is -2.38. The highest BCUT2D eigenvalue weighted by Gasteiger charge is 2.45. The van der Waals surface area contributed by atoms with Crippen LogP contribution in [0.3, 0.4) is 0 Å². The van der Waals surface area contributed by atoms with Gasteiger partial charge in [-0.15, -0.1) is 0 Å². The van der Waals surface area contributed by atoms with Crippen molar-refractivity contribution in [2.75, 3.05) is 13.1 Å². The number of fused-ring (bicyclic) bond motifs is 1. The first kappa shape index (κ1) is 26.6. The van der Waals surface area contributed by atoms with Crippen LogP contribution in [0.15, 0.2) is 36.4 Å². The number of rotatable bonds is 5. The minimum absolute atomic E-state index is 0.115. The van der Waals surface area contributed by atoms with Crippen LogP contribution in [-0.4, -0.2) is 47.6 Å². The third-order valence-corrected chi connectivity index (χ3v) is 7.77. The van der Waals surface area contributed by atoms with Gasteiger partial charge in [0.05, 0.1) is 6.10 Å². The van der Waals surface area contributed by atoms with Gasteiger partial charge in [0.2, 0.25) is 0 Å². The number of hydrogen-bond donors (Lipinski definition) is 1. The second-order valence-corrected chi connectivity index (χ2v) is 11.3. The van der Waals surface area contributed by atoms with E-state index in [1.165, 1.54) is 4.90 Å². The van der Waals surface area contributed by atoms with Gasteiger partial charge in [0.25, 0.3) is 0 Å². The number of carboxylic acid groups (broad SMARTS) is 1. The molecule has 5 nitrogen and oxygen atoms in total. The molecule has 0 spiro atoms. The molecule has 2 aromatic carbocycles. The molecule has 0 radical (unpaired) electrons. The highest BCUT2D eigenvalue weighted by Crippen LogP contribution is 2.41. The molecule has 1 saturated carbocycles. The molecular weight excluding hydrogens is 471 g/mol. The number of ether oxygens (including phenoxy) is 2. The molecule has 1 aliphatic heterocycles. The standard InChI is InChI=1S/C28H36F3NO4/c1-27(2,3)21-7-10-22(11-8-21)35-24-9-6-18-16-20(5-4-19(18)17-24)25(28(29,30)31)32-14-12-23(13-15-32)36-26(33)34/h4-6,9,16-17,21-23,25H,7-8,10-15H2,1-3H3,(H,33,34)/t21-,22-,25?. The monoisotopic (exact) mass is 507 g/mol. The van der Waals surface area contributed by atoms with Crippen LogP contribution in [0.25, 0.3) is 10.8 Å². The average molecular weight is 508 g/mol. The maximum Gasteiger partial charge on any atom is 0.506 e. The number of piperidine rings is 1. The van der Waals surface area contributed by atoms with Crippen molar-refractivity contribution in [3.8, 4) is 5.75 Å². The second kappa shape index (κ2) is 10.5. The molecule has 0 bridgehead atoms. The van der Waals surface area contributed by atoms with Gasteiger partial charge in [-0.05, 0) is 84.4 Å². The summed E-state index contributed by atoms with van der Waals surface area (Å²) in [6.07, 6.45) is -1.45. The summed E-state index contributed by atoms with van der Waals surface area (Å²) in [7, 11) is 0. The predicted octanol–water partition coefficient (Wildman–Crippen LogP) is 7.59. The lowest BCUT2D eigenvalue weighted by Crippen LogP contribution is -2.45. The van der Waals surface area contributed by atoms with E-state index in [0.717, 1.165) is 42.2 Å². The number of carbonyl (C=O) groups is 1. The lowest BCUT2D eigenvalue weighted by atomic mass is 9.72. The number of nitrogens with zero attached hydrogens (tertiary/aromatic N) is 1. The van der Waals surface area contributed by atoms with Gasteiger partial charge in [0, 0.05) is 13.1 Å². The van der Waals surface area contributed by atoms with Crippen molar-refractivity contribution in [1.82, 2.24) is 4.90 Å². The highest BCUT2D eigenvalue weighted by molar-refractivity contribution is 5.84. The topological polar surface area (TPSA) is 59.0 Å². The summed E-state index contributed by atoms with van der Waals surface area (Å²) in [6.45, 7) is 7.09. The van der Waals surface area contributed by atoms with E-state index in [2.05, 4.69) is 20.8 Å². The number of alkyl halides is 3. The minimum Gasteiger partial charge on any atom is -0.490 e. The summed E-state index contributed by atoms with van der Waals surface area (Å²) in [6, 6.07) is 8.71. The normalized spacial score (nSPS) is 23.4. The van der Waals surface area contributed by atoms with E-state index in [1.807, 2.05) is 18.2 Å². The first-order chi connectivity index (χ1) is 16.9.